The molecule has 0 amide bonds. The van der Waals surface area contributed by atoms with Gasteiger partial charge in [-0.2, -0.15) is 0 Å². The largest absolute Gasteiger partial charge is 0.497 e. The lowest BCUT2D eigenvalue weighted by atomic mass is 10.0. The number of benzene rings is 1. The average Bonchev–Trinajstić information content (AvgIpc) is 2.38. The molecule has 0 heterocycles. The van der Waals surface area contributed by atoms with Crippen LogP contribution >= 0.6 is 0 Å². The molecule has 0 aliphatic heterocycles. The van der Waals surface area contributed by atoms with Gasteiger partial charge in [-0.1, -0.05) is 0 Å². The van der Waals surface area contributed by atoms with E-state index in [1.54, 1.807) is 39.3 Å². The van der Waals surface area contributed by atoms with Crippen molar-refractivity contribution in [2.45, 2.75) is 25.9 Å². The summed E-state index contributed by atoms with van der Waals surface area (Å²) in [5.41, 5.74) is 0.741. The van der Waals surface area contributed by atoms with Crippen molar-refractivity contribution in [3.05, 3.63) is 23.8 Å². The molecular weight excluding hydrogens is 216 g/mol. The predicted octanol–water partition coefficient (Wildman–Crippen LogP) is 2.54. The minimum Gasteiger partial charge on any atom is -0.497 e. The Morgan fingerprint density at radius 1 is 1.29 bits per heavy atom. The highest BCUT2D eigenvalue weighted by molar-refractivity contribution is 5.41. The van der Waals surface area contributed by atoms with E-state index in [2.05, 4.69) is 11.8 Å². The molecule has 1 aromatic rings. The lowest BCUT2D eigenvalue weighted by Gasteiger charge is -2.15. The minimum atomic E-state index is -0.583. The topological polar surface area (TPSA) is 38.7 Å². The first-order chi connectivity index (χ1) is 8.22. The zero-order chi connectivity index (χ0) is 12.7. The van der Waals surface area contributed by atoms with Crippen LogP contribution in [0.25, 0.3) is 0 Å². The van der Waals surface area contributed by atoms with Gasteiger partial charge in [0.15, 0.2) is 0 Å². The second-order valence-corrected chi connectivity index (χ2v) is 3.59. The number of methoxy groups -OCH3 is 2. The summed E-state index contributed by atoms with van der Waals surface area (Å²) in [6.45, 7) is 1.79. The maximum atomic E-state index is 10.1. The molecule has 0 aromatic heterocycles. The Hall–Kier alpha value is -1.66. The summed E-state index contributed by atoms with van der Waals surface area (Å²) in [4.78, 5) is 0. The number of aliphatic hydroxyl groups excluding tert-OH is 1. The Labute approximate surface area is 102 Å². The lowest BCUT2D eigenvalue weighted by molar-refractivity contribution is 0.165. The third-order valence-corrected chi connectivity index (χ3v) is 2.52. The molecule has 1 N–H and O–H groups in total. The first-order valence-electron chi connectivity index (χ1n) is 5.52. The smallest absolute Gasteiger partial charge is 0.124 e. The summed E-state index contributed by atoms with van der Waals surface area (Å²) in [5, 5.41) is 10.1. The highest BCUT2D eigenvalue weighted by Crippen LogP contribution is 2.31. The van der Waals surface area contributed by atoms with Gasteiger partial charge in [0, 0.05) is 12.0 Å². The van der Waals surface area contributed by atoms with Gasteiger partial charge < -0.3 is 14.6 Å². The molecule has 0 spiro atoms. The zero-order valence-corrected chi connectivity index (χ0v) is 10.5. The monoisotopic (exact) mass is 234 g/mol. The predicted molar refractivity (Wildman–Crippen MR) is 67.2 cm³/mol. The Bertz CT molecular complexity index is 415. The molecule has 1 aromatic carbocycles. The Morgan fingerprint density at radius 2 is 2.06 bits per heavy atom. The van der Waals surface area contributed by atoms with Crippen molar-refractivity contribution < 1.29 is 14.6 Å². The molecule has 17 heavy (non-hydrogen) atoms. The van der Waals surface area contributed by atoms with Crippen LogP contribution in [0.3, 0.4) is 0 Å². The van der Waals surface area contributed by atoms with Crippen molar-refractivity contribution in [3.8, 4) is 23.3 Å². The van der Waals surface area contributed by atoms with Gasteiger partial charge in [-0.25, -0.2) is 0 Å². The first kappa shape index (κ1) is 13.4. The van der Waals surface area contributed by atoms with E-state index < -0.39 is 6.10 Å². The maximum Gasteiger partial charge on any atom is 0.124 e. The summed E-state index contributed by atoms with van der Waals surface area (Å²) in [5.74, 6) is 7.12. The van der Waals surface area contributed by atoms with Crippen LogP contribution in [0.1, 0.15) is 31.4 Å². The van der Waals surface area contributed by atoms with Crippen LogP contribution in [0, 0.1) is 11.8 Å². The minimum absolute atomic E-state index is 0.583. The molecule has 0 saturated heterocycles. The van der Waals surface area contributed by atoms with Gasteiger partial charge in [0.05, 0.1) is 20.3 Å². The van der Waals surface area contributed by atoms with Gasteiger partial charge in [-0.05, 0) is 31.5 Å². The Morgan fingerprint density at radius 3 is 2.65 bits per heavy atom. The summed E-state index contributed by atoms with van der Waals surface area (Å²) >= 11 is 0. The number of rotatable bonds is 5. The second kappa shape index (κ2) is 6.82. The third-order valence-electron chi connectivity index (χ3n) is 2.52. The molecule has 3 nitrogen and oxygen atoms in total. The number of hydrogen-bond donors (Lipinski definition) is 1. The Kier molecular flexibility index (Phi) is 5.38. The van der Waals surface area contributed by atoms with Crippen molar-refractivity contribution >= 4 is 0 Å². The lowest BCUT2D eigenvalue weighted by Crippen LogP contribution is -2.01. The summed E-state index contributed by atoms with van der Waals surface area (Å²) in [6.07, 6.45) is 0.670. The fourth-order valence-corrected chi connectivity index (χ4v) is 1.59. The van der Waals surface area contributed by atoms with Crippen LogP contribution in [-0.4, -0.2) is 19.3 Å². The van der Waals surface area contributed by atoms with E-state index in [0.29, 0.717) is 24.3 Å². The molecule has 0 aliphatic rings. The van der Waals surface area contributed by atoms with Crippen molar-refractivity contribution in [1.82, 2.24) is 0 Å². The quantitative estimate of drug-likeness (QED) is 0.796. The van der Waals surface area contributed by atoms with E-state index in [-0.39, 0.29) is 0 Å². The summed E-state index contributed by atoms with van der Waals surface area (Å²) < 4.78 is 10.4. The van der Waals surface area contributed by atoms with Crippen molar-refractivity contribution in [2.24, 2.45) is 0 Å². The van der Waals surface area contributed by atoms with Gasteiger partial charge >= 0.3 is 0 Å². The van der Waals surface area contributed by atoms with Gasteiger partial charge in [0.2, 0.25) is 0 Å². The van der Waals surface area contributed by atoms with Crippen LogP contribution in [-0.2, 0) is 0 Å². The molecule has 0 bridgehead atoms. The molecule has 0 saturated carbocycles. The molecule has 0 radical (unpaired) electrons. The molecule has 92 valence electrons. The highest BCUT2D eigenvalue weighted by atomic mass is 16.5. The fraction of sp³-hybridized carbons (Fsp3) is 0.429. The van der Waals surface area contributed by atoms with Gasteiger partial charge in [-0.15, -0.1) is 11.8 Å². The first-order valence-corrected chi connectivity index (χ1v) is 5.52. The fourth-order valence-electron chi connectivity index (χ4n) is 1.59. The number of ether oxygens (including phenoxy) is 2. The van der Waals surface area contributed by atoms with Crippen molar-refractivity contribution in [3.63, 3.8) is 0 Å². The normalized spacial score (nSPS) is 11.3. The standard InChI is InChI=1S/C14H18O3/c1-4-5-6-7-13(15)12-10-11(16-2)8-9-14(12)17-3/h8-10,13,15H,6-7H2,1-3H3. The molecule has 1 unspecified atom stereocenters. The second-order valence-electron chi connectivity index (χ2n) is 3.59. The zero-order valence-electron chi connectivity index (χ0n) is 10.5. The molecule has 0 aliphatic carbocycles. The van der Waals surface area contributed by atoms with E-state index in [1.165, 1.54) is 0 Å². The van der Waals surface area contributed by atoms with Crippen LogP contribution in [0.4, 0.5) is 0 Å². The average molecular weight is 234 g/mol. The molecule has 1 atom stereocenters. The van der Waals surface area contributed by atoms with Gasteiger partial charge in [0.25, 0.3) is 0 Å². The van der Waals surface area contributed by atoms with Crippen molar-refractivity contribution in [2.75, 3.05) is 14.2 Å². The molecule has 1 rings (SSSR count). The van der Waals surface area contributed by atoms with E-state index in [1.807, 2.05) is 0 Å². The van der Waals surface area contributed by atoms with Crippen molar-refractivity contribution in [1.29, 1.82) is 0 Å². The molecule has 3 heteroatoms. The van der Waals surface area contributed by atoms with Crippen LogP contribution < -0.4 is 9.47 Å². The van der Waals surface area contributed by atoms with Crippen LogP contribution in [0.15, 0.2) is 18.2 Å². The van der Waals surface area contributed by atoms with E-state index >= 15 is 0 Å². The van der Waals surface area contributed by atoms with E-state index in [4.69, 9.17) is 9.47 Å². The third kappa shape index (κ3) is 3.69. The molecule has 0 fully saturated rings. The number of hydrogen-bond acceptors (Lipinski definition) is 3. The van der Waals surface area contributed by atoms with E-state index in [9.17, 15) is 5.11 Å². The Balaban J connectivity index is 2.87. The molecular formula is C14H18O3. The SMILES string of the molecule is CC#CCCC(O)c1cc(OC)ccc1OC. The highest BCUT2D eigenvalue weighted by Gasteiger charge is 2.13. The van der Waals surface area contributed by atoms with Gasteiger partial charge in [-0.3, -0.25) is 0 Å². The summed E-state index contributed by atoms with van der Waals surface area (Å²) in [6, 6.07) is 5.40. The van der Waals surface area contributed by atoms with Crippen LogP contribution in [0.2, 0.25) is 0 Å². The van der Waals surface area contributed by atoms with Gasteiger partial charge in [0.1, 0.15) is 11.5 Å². The maximum absolute atomic E-state index is 10.1. The summed E-state index contributed by atoms with van der Waals surface area (Å²) in [7, 11) is 3.18. The van der Waals surface area contributed by atoms with E-state index in [0.717, 1.165) is 5.56 Å². The van der Waals surface area contributed by atoms with Crippen LogP contribution in [0.5, 0.6) is 11.5 Å². The number of aliphatic hydroxyl groups is 1.